The minimum Gasteiger partial charge on any atom is -0.491 e. The van der Waals surface area contributed by atoms with Crippen LogP contribution in [0.5, 0.6) is 5.75 Å². The number of halogens is 2. The second-order valence-corrected chi connectivity index (χ2v) is 11.1. The average Bonchev–Trinajstić information content (AvgIpc) is 2.86. The Bertz CT molecular complexity index is 1440. The van der Waals surface area contributed by atoms with Crippen LogP contribution in [0.25, 0.3) is 10.9 Å². The van der Waals surface area contributed by atoms with Gasteiger partial charge in [0, 0.05) is 38.3 Å². The molecule has 2 aromatic heterocycles. The SMILES string of the molecule is BC(B)(Oc1cc2cc(Nc3nc(N4C[C@@H](C)C(B)(F)[C@@H](C)C4)ncc3Cl)ccc2n(C)c1=O)C(=O)NC. The van der Waals surface area contributed by atoms with Gasteiger partial charge in [0.15, 0.2) is 35.1 Å². The number of ether oxygens (including phenoxy) is 1. The van der Waals surface area contributed by atoms with Crippen LogP contribution in [0.15, 0.2) is 35.3 Å². The summed E-state index contributed by atoms with van der Waals surface area (Å²) in [5.74, 6) is 0.227. The van der Waals surface area contributed by atoms with Crippen molar-refractivity contribution in [1.29, 1.82) is 0 Å². The Morgan fingerprint density at radius 2 is 1.92 bits per heavy atom. The maximum Gasteiger partial charge on any atom is 0.293 e. The Morgan fingerprint density at radius 1 is 1.26 bits per heavy atom. The number of amides is 1. The number of pyridine rings is 1. The predicted molar refractivity (Wildman–Crippen MR) is 157 cm³/mol. The average molecular weight is 538 g/mol. The van der Waals surface area contributed by atoms with Crippen LogP contribution < -0.4 is 25.8 Å². The van der Waals surface area contributed by atoms with Crippen LogP contribution in [0.4, 0.5) is 21.8 Å². The van der Waals surface area contributed by atoms with Crippen LogP contribution in [0, 0.1) is 11.8 Å². The zero-order valence-electron chi connectivity index (χ0n) is 22.7. The summed E-state index contributed by atoms with van der Waals surface area (Å²) in [6.07, 6.45) is 1.53. The summed E-state index contributed by atoms with van der Waals surface area (Å²) in [6, 6.07) is 7.07. The standard InChI is InChI=1S/C24H31B3ClFN6O3/c1-12-10-35(11-13(2)23(12,25)29)22-31-9-16(28)19(33-22)32-15-5-6-17-14(7-15)8-18(20(36)34(17)4)38-24(26,27)21(37)30-3/h5-9,12-13H,10-11,25-27H2,1-4H3,(H,30,37)(H,31,32,33)/t12-,13+,23?. The first kappa shape index (κ1) is 27.8. The third-order valence-corrected chi connectivity index (χ3v) is 7.80. The molecule has 1 aromatic carbocycles. The lowest BCUT2D eigenvalue weighted by Crippen LogP contribution is -2.54. The van der Waals surface area contributed by atoms with E-state index in [9.17, 15) is 14.0 Å². The van der Waals surface area contributed by atoms with Crippen LogP contribution in [0.2, 0.25) is 5.02 Å². The monoisotopic (exact) mass is 538 g/mol. The number of fused-ring (bicyclic) bond motifs is 1. The molecule has 0 saturated carbocycles. The molecule has 0 aliphatic carbocycles. The topological polar surface area (TPSA) is 101 Å². The quantitative estimate of drug-likeness (QED) is 0.432. The van der Waals surface area contributed by atoms with Crippen LogP contribution in [0.1, 0.15) is 13.8 Å². The van der Waals surface area contributed by atoms with Gasteiger partial charge in [-0.05, 0) is 36.1 Å². The fourth-order valence-corrected chi connectivity index (χ4v) is 4.84. The Kier molecular flexibility index (Phi) is 7.44. The van der Waals surface area contributed by atoms with Gasteiger partial charge in [0.2, 0.25) is 11.9 Å². The van der Waals surface area contributed by atoms with Crippen molar-refractivity contribution in [3.05, 3.63) is 45.8 Å². The Labute approximate surface area is 228 Å². The van der Waals surface area contributed by atoms with Gasteiger partial charge in [0.05, 0.1) is 17.3 Å². The van der Waals surface area contributed by atoms with E-state index in [0.717, 1.165) is 0 Å². The number of anilines is 3. The fourth-order valence-electron chi connectivity index (χ4n) is 4.70. The van der Waals surface area contributed by atoms with E-state index in [4.69, 9.17) is 16.3 Å². The number of rotatable bonds is 6. The molecule has 38 heavy (non-hydrogen) atoms. The Morgan fingerprint density at radius 3 is 2.55 bits per heavy atom. The highest BCUT2D eigenvalue weighted by molar-refractivity contribution is 6.50. The van der Waals surface area contributed by atoms with Gasteiger partial charge >= 0.3 is 0 Å². The maximum absolute atomic E-state index is 15.0. The molecule has 14 heteroatoms. The molecule has 198 valence electrons. The van der Waals surface area contributed by atoms with E-state index in [1.54, 1.807) is 42.7 Å². The number of nitrogens with zero attached hydrogens (tertiary/aromatic N) is 4. The molecule has 2 N–H and O–H groups in total. The molecule has 0 radical (unpaired) electrons. The number of alkyl halides is 1. The molecule has 9 nitrogen and oxygen atoms in total. The van der Waals surface area contributed by atoms with Gasteiger partial charge < -0.3 is 24.8 Å². The molecule has 1 saturated heterocycles. The fraction of sp³-hybridized carbons (Fsp3) is 0.417. The van der Waals surface area contributed by atoms with E-state index in [1.807, 2.05) is 30.9 Å². The third-order valence-electron chi connectivity index (χ3n) is 7.52. The minimum atomic E-state index is -1.26. The molecule has 0 spiro atoms. The summed E-state index contributed by atoms with van der Waals surface area (Å²) < 4.78 is 22.3. The summed E-state index contributed by atoms with van der Waals surface area (Å²) >= 11 is 6.42. The number of aromatic nitrogens is 3. The minimum absolute atomic E-state index is 0.0568. The molecular weight excluding hydrogens is 507 g/mol. The molecule has 3 atom stereocenters. The van der Waals surface area contributed by atoms with Crippen LogP contribution in [-0.2, 0) is 11.8 Å². The van der Waals surface area contributed by atoms with E-state index in [2.05, 4.69) is 20.6 Å². The molecule has 1 fully saturated rings. The Hall–Kier alpha value is -3.21. The van der Waals surface area contributed by atoms with Crippen molar-refractivity contribution < 1.29 is 13.9 Å². The van der Waals surface area contributed by atoms with Gasteiger partial charge in [-0.3, -0.25) is 14.0 Å². The second kappa shape index (κ2) is 10.2. The largest absolute Gasteiger partial charge is 0.491 e. The van der Waals surface area contributed by atoms with E-state index in [0.29, 0.717) is 46.5 Å². The van der Waals surface area contributed by atoms with Gasteiger partial charge in [-0.15, -0.1) is 0 Å². The van der Waals surface area contributed by atoms with Crippen molar-refractivity contribution in [2.75, 3.05) is 30.4 Å². The summed E-state index contributed by atoms with van der Waals surface area (Å²) in [7, 11) is 8.01. The normalized spacial score (nSPS) is 21.8. The number of benzene rings is 1. The summed E-state index contributed by atoms with van der Waals surface area (Å²) in [5, 5.41) is 5.59. The first-order valence-corrected chi connectivity index (χ1v) is 12.9. The van der Waals surface area contributed by atoms with Crippen molar-refractivity contribution in [3.8, 4) is 5.75 Å². The summed E-state index contributed by atoms with van der Waals surface area (Å²) in [4.78, 5) is 36.1. The van der Waals surface area contributed by atoms with Gasteiger partial charge in [-0.2, -0.15) is 4.98 Å². The summed E-state index contributed by atoms with van der Waals surface area (Å²) in [5.41, 5.74) is -0.248. The van der Waals surface area contributed by atoms with Gasteiger partial charge in [-0.1, -0.05) is 25.4 Å². The molecule has 3 aromatic rings. The van der Waals surface area contributed by atoms with Gasteiger partial charge in [0.1, 0.15) is 10.4 Å². The number of nitrogens with one attached hydrogen (secondary N) is 2. The second-order valence-electron chi connectivity index (χ2n) is 10.7. The molecule has 1 aliphatic heterocycles. The van der Waals surface area contributed by atoms with Gasteiger partial charge in [-0.25, -0.2) is 4.98 Å². The lowest BCUT2D eigenvalue weighted by molar-refractivity contribution is -0.126. The summed E-state index contributed by atoms with van der Waals surface area (Å²) in [6.45, 7) is 4.79. The molecule has 3 heterocycles. The van der Waals surface area contributed by atoms with Crippen LogP contribution in [-0.4, -0.2) is 75.1 Å². The number of piperidine rings is 1. The van der Waals surface area contributed by atoms with E-state index < -0.39 is 11.0 Å². The third kappa shape index (κ3) is 5.21. The number of hydrogen-bond acceptors (Lipinski definition) is 7. The van der Waals surface area contributed by atoms with Crippen LogP contribution in [0.3, 0.4) is 0 Å². The number of carbonyl (C=O) groups excluding carboxylic acids is 1. The molecule has 4 rings (SSSR count). The number of likely N-dealkylation sites (N-methyl/N-ethyl adjacent to an activating group) is 1. The highest BCUT2D eigenvalue weighted by atomic mass is 35.5. The first-order valence-electron chi connectivity index (χ1n) is 12.5. The number of carbonyl (C=O) groups is 1. The zero-order chi connectivity index (χ0) is 28.0. The molecule has 1 unspecified atom stereocenters. The smallest absolute Gasteiger partial charge is 0.293 e. The predicted octanol–water partition coefficient (Wildman–Crippen LogP) is 0.161. The van der Waals surface area contributed by atoms with Crippen molar-refractivity contribution in [1.82, 2.24) is 19.9 Å². The van der Waals surface area contributed by atoms with Gasteiger partial charge in [0.25, 0.3) is 5.56 Å². The van der Waals surface area contributed by atoms with Crippen LogP contribution >= 0.6 is 11.6 Å². The highest BCUT2D eigenvalue weighted by Crippen LogP contribution is 2.35. The molecule has 1 aliphatic rings. The van der Waals surface area contributed by atoms with E-state index in [-0.39, 0.29) is 29.1 Å². The lowest BCUT2D eigenvalue weighted by Gasteiger charge is -2.44. The first-order chi connectivity index (χ1) is 17.7. The molecule has 1 amide bonds. The molecular formula is C24H31B3ClFN6O3. The van der Waals surface area contributed by atoms with Crippen molar-refractivity contribution in [3.63, 3.8) is 0 Å². The van der Waals surface area contributed by atoms with Crippen molar-refractivity contribution in [2.24, 2.45) is 18.9 Å². The highest BCUT2D eigenvalue weighted by Gasteiger charge is 2.43. The van der Waals surface area contributed by atoms with Crippen molar-refractivity contribution >= 4 is 69.4 Å². The van der Waals surface area contributed by atoms with E-state index in [1.165, 1.54) is 17.8 Å². The van der Waals surface area contributed by atoms with E-state index >= 15 is 0 Å². The lowest BCUT2D eigenvalue weighted by atomic mass is 9.64. The molecule has 0 bridgehead atoms. The zero-order valence-corrected chi connectivity index (χ0v) is 23.5. The number of hydrogen-bond donors (Lipinski definition) is 2. The number of aryl methyl sites for hydroxylation is 1. The van der Waals surface area contributed by atoms with Crippen molar-refractivity contribution in [2.45, 2.75) is 24.8 Å². The maximum atomic E-state index is 15.0. The Balaban J connectivity index is 1.65.